The first-order valence-corrected chi connectivity index (χ1v) is 20.9. The van der Waals surface area contributed by atoms with Crippen molar-refractivity contribution in [1.29, 1.82) is 5.26 Å². The van der Waals surface area contributed by atoms with Crippen LogP contribution < -0.4 is 25.2 Å². The number of piperidine rings is 2. The largest absolute Gasteiger partial charge is 0.489 e. The van der Waals surface area contributed by atoms with E-state index in [9.17, 15) is 24.4 Å². The first-order chi connectivity index (χ1) is 27.7. The SMILES string of the molecule is CC1(C)C(NC(=O)c2ccc(N3CCC(CN4CCN(c5ccc6c(c5)CN(C5CCC(=O)NC5=O)C6=O)CC4)CC3)cc2)C(C)(C)C1Oc1ccc(C#N)c(Cl)c1. The lowest BCUT2D eigenvalue weighted by Crippen LogP contribution is -2.74. The molecule has 0 radical (unpaired) electrons. The fraction of sp³-hybridized carbons (Fsp3) is 0.489. The molecular weight excluding hydrogens is 754 g/mol. The van der Waals surface area contributed by atoms with Gasteiger partial charge < -0.3 is 24.8 Å². The van der Waals surface area contributed by atoms with E-state index in [-0.39, 0.29) is 53.0 Å². The normalized spacial score (nSPS) is 24.4. The number of carbonyl (C=O) groups excluding carboxylic acids is 4. The summed E-state index contributed by atoms with van der Waals surface area (Å²) in [4.78, 5) is 59.7. The Balaban J connectivity index is 0.781. The molecule has 4 amide bonds. The van der Waals surface area contributed by atoms with Crippen LogP contribution >= 0.6 is 11.6 Å². The smallest absolute Gasteiger partial charge is 0.255 e. The van der Waals surface area contributed by atoms with E-state index in [1.165, 1.54) is 0 Å². The Labute approximate surface area is 345 Å². The molecule has 3 saturated heterocycles. The highest BCUT2D eigenvalue weighted by Crippen LogP contribution is 2.55. The maximum absolute atomic E-state index is 13.5. The quantitative estimate of drug-likeness (QED) is 0.264. The van der Waals surface area contributed by atoms with Gasteiger partial charge in [0.2, 0.25) is 11.8 Å². The second kappa shape index (κ2) is 15.6. The van der Waals surface area contributed by atoms with Gasteiger partial charge in [-0.15, -0.1) is 0 Å². The van der Waals surface area contributed by atoms with Crippen LogP contribution in [0.1, 0.15) is 85.2 Å². The lowest BCUT2D eigenvalue weighted by molar-refractivity contribution is -0.164. The number of carbonyl (C=O) groups is 4. The molecular formula is C45H52ClN7O5. The maximum atomic E-state index is 13.5. The van der Waals surface area contributed by atoms with Gasteiger partial charge >= 0.3 is 0 Å². The minimum atomic E-state index is -0.602. The highest BCUT2D eigenvalue weighted by molar-refractivity contribution is 6.31. The van der Waals surface area contributed by atoms with Crippen LogP contribution in [0.4, 0.5) is 11.4 Å². The number of nitriles is 1. The van der Waals surface area contributed by atoms with Crippen molar-refractivity contribution in [3.05, 3.63) is 87.9 Å². The summed E-state index contributed by atoms with van der Waals surface area (Å²) in [6, 6.07) is 20.5. The summed E-state index contributed by atoms with van der Waals surface area (Å²) in [7, 11) is 0. The van der Waals surface area contributed by atoms with Crippen molar-refractivity contribution in [1.82, 2.24) is 20.4 Å². The number of anilines is 2. The molecule has 4 fully saturated rings. The number of nitrogens with zero attached hydrogens (tertiary/aromatic N) is 5. The van der Waals surface area contributed by atoms with E-state index in [0.717, 1.165) is 75.6 Å². The van der Waals surface area contributed by atoms with Crippen LogP contribution in [0, 0.1) is 28.1 Å². The summed E-state index contributed by atoms with van der Waals surface area (Å²) in [5.74, 6) is 0.337. The number of piperazine rings is 1. The Morgan fingerprint density at radius 2 is 1.55 bits per heavy atom. The van der Waals surface area contributed by atoms with E-state index in [0.29, 0.717) is 46.3 Å². The average molecular weight is 806 g/mol. The predicted molar refractivity (Wildman–Crippen MR) is 222 cm³/mol. The van der Waals surface area contributed by atoms with Gasteiger partial charge in [0.05, 0.1) is 10.6 Å². The zero-order chi connectivity index (χ0) is 40.9. The number of halogens is 1. The lowest BCUT2D eigenvalue weighted by Gasteiger charge is -2.63. The minimum Gasteiger partial charge on any atom is -0.489 e. The van der Waals surface area contributed by atoms with Gasteiger partial charge in [-0.2, -0.15) is 5.26 Å². The van der Waals surface area contributed by atoms with Crippen LogP contribution in [0.15, 0.2) is 60.7 Å². The summed E-state index contributed by atoms with van der Waals surface area (Å²) in [5.41, 5.74) is 4.19. The van der Waals surface area contributed by atoms with Crippen molar-refractivity contribution in [3.63, 3.8) is 0 Å². The highest BCUT2D eigenvalue weighted by atomic mass is 35.5. The van der Waals surface area contributed by atoms with E-state index >= 15 is 0 Å². The molecule has 1 saturated carbocycles. The zero-order valence-corrected chi connectivity index (χ0v) is 34.5. The number of hydrogen-bond donors (Lipinski definition) is 2. The molecule has 8 rings (SSSR count). The Morgan fingerprint density at radius 3 is 2.21 bits per heavy atom. The van der Waals surface area contributed by atoms with Crippen LogP contribution in [0.2, 0.25) is 5.02 Å². The summed E-state index contributed by atoms with van der Waals surface area (Å²) in [6.45, 7) is 15.7. The predicted octanol–water partition coefficient (Wildman–Crippen LogP) is 5.62. The van der Waals surface area contributed by atoms with E-state index in [1.807, 2.05) is 24.3 Å². The van der Waals surface area contributed by atoms with Gasteiger partial charge in [-0.3, -0.25) is 29.4 Å². The number of fused-ring (bicyclic) bond motifs is 1. The molecule has 1 unspecified atom stereocenters. The number of nitrogens with one attached hydrogen (secondary N) is 2. The van der Waals surface area contributed by atoms with Crippen molar-refractivity contribution >= 4 is 46.6 Å². The van der Waals surface area contributed by atoms with Crippen LogP contribution in [-0.4, -0.2) is 97.4 Å². The summed E-state index contributed by atoms with van der Waals surface area (Å²) >= 11 is 6.26. The zero-order valence-electron chi connectivity index (χ0n) is 33.7. The number of amides is 4. The van der Waals surface area contributed by atoms with Crippen LogP contribution in [-0.2, 0) is 16.1 Å². The van der Waals surface area contributed by atoms with Crippen LogP contribution in [0.3, 0.4) is 0 Å². The molecule has 0 bridgehead atoms. The van der Waals surface area contributed by atoms with Gasteiger partial charge in [0.15, 0.2) is 0 Å². The second-order valence-electron chi connectivity index (χ2n) is 17.8. The Hall–Kier alpha value is -5.12. The molecule has 3 aromatic carbocycles. The molecule has 1 atom stereocenters. The number of ether oxygens (including phenoxy) is 1. The fourth-order valence-electron chi connectivity index (χ4n) is 10.3. The highest BCUT2D eigenvalue weighted by Gasteiger charge is 2.64. The van der Waals surface area contributed by atoms with Crippen molar-refractivity contribution in [2.24, 2.45) is 16.7 Å². The maximum Gasteiger partial charge on any atom is 0.255 e. The summed E-state index contributed by atoms with van der Waals surface area (Å²) in [5, 5.41) is 15.2. The molecule has 4 heterocycles. The standard InChI is InChI=1S/C45H52ClN7O5/c1-44(2)42(45(3,4)43(44)58-34-11-7-30(25-47)36(46)24-34)49-39(55)29-5-8-32(9-6-29)51-17-15-28(16-18-51)26-50-19-21-52(22-20-50)33-10-12-35-31(23-33)27-53(41(35)57)37-13-14-38(54)48-40(37)56/h5-12,23-24,28,37,42-43H,13-22,26-27H2,1-4H3,(H,49,55)(H,48,54,56). The van der Waals surface area contributed by atoms with E-state index in [2.05, 4.69) is 77.3 Å². The number of rotatable bonds is 9. The van der Waals surface area contributed by atoms with Crippen molar-refractivity contribution in [2.75, 3.05) is 55.6 Å². The molecule has 1 aliphatic carbocycles. The number of hydrogen-bond acceptors (Lipinski definition) is 9. The van der Waals surface area contributed by atoms with Gasteiger partial charge in [0.1, 0.15) is 24.0 Å². The van der Waals surface area contributed by atoms with Crippen LogP contribution in [0.25, 0.3) is 0 Å². The average Bonchev–Trinajstić information content (AvgIpc) is 3.54. The molecule has 13 heteroatoms. The lowest BCUT2D eigenvalue weighted by atomic mass is 9.49. The van der Waals surface area contributed by atoms with Gasteiger partial charge in [0, 0.05) is 104 Å². The third-order valence-corrected chi connectivity index (χ3v) is 13.6. The summed E-state index contributed by atoms with van der Waals surface area (Å²) in [6.07, 6.45) is 2.68. The minimum absolute atomic E-state index is 0.0981. The fourth-order valence-corrected chi connectivity index (χ4v) is 10.5. The van der Waals surface area contributed by atoms with E-state index in [1.54, 1.807) is 23.1 Å². The molecule has 3 aromatic rings. The monoisotopic (exact) mass is 805 g/mol. The topological polar surface area (TPSA) is 138 Å². The number of benzene rings is 3. The molecule has 304 valence electrons. The Kier molecular flexibility index (Phi) is 10.7. The number of imide groups is 1. The van der Waals surface area contributed by atoms with Gasteiger partial charge in [-0.1, -0.05) is 39.3 Å². The first kappa shape index (κ1) is 39.7. The molecule has 4 aliphatic heterocycles. The molecule has 0 aromatic heterocycles. The molecule has 2 N–H and O–H groups in total. The van der Waals surface area contributed by atoms with E-state index in [4.69, 9.17) is 16.3 Å². The van der Waals surface area contributed by atoms with Crippen molar-refractivity contribution in [3.8, 4) is 11.8 Å². The van der Waals surface area contributed by atoms with Gasteiger partial charge in [0.25, 0.3) is 11.8 Å². The first-order valence-electron chi connectivity index (χ1n) is 20.5. The molecule has 12 nitrogen and oxygen atoms in total. The Bertz CT molecular complexity index is 2130. The van der Waals surface area contributed by atoms with Gasteiger partial charge in [-0.25, -0.2) is 0 Å². The second-order valence-corrected chi connectivity index (χ2v) is 18.2. The molecule has 58 heavy (non-hydrogen) atoms. The van der Waals surface area contributed by atoms with Crippen LogP contribution in [0.5, 0.6) is 5.75 Å². The third kappa shape index (κ3) is 7.50. The summed E-state index contributed by atoms with van der Waals surface area (Å²) < 4.78 is 6.39. The molecule has 0 spiro atoms. The third-order valence-electron chi connectivity index (χ3n) is 13.3. The van der Waals surface area contributed by atoms with E-state index < -0.39 is 6.04 Å². The molecule has 5 aliphatic rings. The van der Waals surface area contributed by atoms with Crippen molar-refractivity contribution in [2.45, 2.75) is 78.1 Å². The van der Waals surface area contributed by atoms with Gasteiger partial charge in [-0.05, 0) is 85.3 Å². The van der Waals surface area contributed by atoms with Crippen molar-refractivity contribution < 1.29 is 23.9 Å². The Morgan fingerprint density at radius 1 is 0.879 bits per heavy atom.